The van der Waals surface area contributed by atoms with Crippen molar-refractivity contribution in [2.45, 2.75) is 19.9 Å². The van der Waals surface area contributed by atoms with E-state index >= 15 is 0 Å². The third-order valence-electron chi connectivity index (χ3n) is 3.29. The van der Waals surface area contributed by atoms with Gasteiger partial charge in [0.2, 0.25) is 0 Å². The van der Waals surface area contributed by atoms with E-state index in [2.05, 4.69) is 10.3 Å². The van der Waals surface area contributed by atoms with Crippen molar-refractivity contribution < 1.29 is 15.0 Å². The van der Waals surface area contributed by atoms with Crippen LogP contribution in [0.15, 0.2) is 30.5 Å². The molecule has 1 heterocycles. The van der Waals surface area contributed by atoms with Crippen molar-refractivity contribution in [1.82, 2.24) is 10.3 Å². The molecule has 22 heavy (non-hydrogen) atoms. The first-order valence-electron chi connectivity index (χ1n) is 6.91. The van der Waals surface area contributed by atoms with Crippen LogP contribution in [0.5, 0.6) is 5.75 Å². The van der Waals surface area contributed by atoms with Crippen LogP contribution in [0.4, 0.5) is 0 Å². The van der Waals surface area contributed by atoms with Gasteiger partial charge in [-0.3, -0.25) is 9.78 Å². The van der Waals surface area contributed by atoms with Crippen LogP contribution in [0.25, 0.3) is 11.1 Å². The van der Waals surface area contributed by atoms with Crippen LogP contribution in [-0.2, 0) is 17.8 Å². The summed E-state index contributed by atoms with van der Waals surface area (Å²) in [6.07, 6.45) is 2.31. The van der Waals surface area contributed by atoms with Gasteiger partial charge in [-0.1, -0.05) is 30.7 Å². The second-order valence-electron chi connectivity index (χ2n) is 4.81. The molecule has 0 aliphatic carbocycles. The molecule has 0 radical (unpaired) electrons. The lowest BCUT2D eigenvalue weighted by Gasteiger charge is -2.13. The normalized spacial score (nSPS) is 10.6. The summed E-state index contributed by atoms with van der Waals surface area (Å²) >= 11 is 6.01. The van der Waals surface area contributed by atoms with Crippen LogP contribution in [0.3, 0.4) is 0 Å². The zero-order chi connectivity index (χ0) is 16.1. The summed E-state index contributed by atoms with van der Waals surface area (Å²) in [5.74, 6) is -0.858. The van der Waals surface area contributed by atoms with Gasteiger partial charge in [-0.15, -0.1) is 0 Å². The average Bonchev–Trinajstić information content (AvgIpc) is 2.48. The number of aromatic nitrogens is 1. The van der Waals surface area contributed by atoms with Gasteiger partial charge in [0, 0.05) is 28.9 Å². The number of benzene rings is 1. The molecule has 0 spiro atoms. The van der Waals surface area contributed by atoms with Crippen LogP contribution < -0.4 is 5.32 Å². The third kappa shape index (κ3) is 3.75. The van der Waals surface area contributed by atoms with Crippen molar-refractivity contribution in [1.29, 1.82) is 0 Å². The van der Waals surface area contributed by atoms with E-state index in [9.17, 15) is 9.90 Å². The maximum atomic E-state index is 10.5. The van der Waals surface area contributed by atoms with Gasteiger partial charge in [-0.2, -0.15) is 0 Å². The van der Waals surface area contributed by atoms with Crippen LogP contribution in [0.1, 0.15) is 18.2 Å². The number of hydrogen-bond acceptors (Lipinski definition) is 4. The number of pyridine rings is 1. The van der Waals surface area contributed by atoms with E-state index in [1.165, 1.54) is 0 Å². The van der Waals surface area contributed by atoms with Crippen LogP contribution in [0, 0.1) is 0 Å². The number of carboxylic acid groups (broad SMARTS) is 1. The molecular formula is C16H17ClN2O3. The Morgan fingerprint density at radius 2 is 2.18 bits per heavy atom. The number of aliphatic carboxylic acids is 1. The molecule has 1 aromatic carbocycles. The Bertz CT molecular complexity index is 689. The van der Waals surface area contributed by atoms with Crippen molar-refractivity contribution in [3.8, 4) is 16.9 Å². The summed E-state index contributed by atoms with van der Waals surface area (Å²) in [6.45, 7) is 1.96. The Kier molecular flexibility index (Phi) is 5.35. The fourth-order valence-corrected chi connectivity index (χ4v) is 2.45. The summed E-state index contributed by atoms with van der Waals surface area (Å²) in [5, 5.41) is 22.3. The molecule has 0 saturated carbocycles. The van der Waals surface area contributed by atoms with Crippen molar-refractivity contribution >= 4 is 17.6 Å². The van der Waals surface area contributed by atoms with E-state index in [1.807, 2.05) is 25.1 Å². The van der Waals surface area contributed by atoms with E-state index in [0.29, 0.717) is 17.1 Å². The van der Waals surface area contributed by atoms with E-state index < -0.39 is 5.97 Å². The Morgan fingerprint density at radius 1 is 1.41 bits per heavy atom. The number of carboxylic acids is 1. The number of hydrogen-bond donors (Lipinski definition) is 3. The lowest BCUT2D eigenvalue weighted by atomic mass is 9.98. The summed E-state index contributed by atoms with van der Waals surface area (Å²) in [5.41, 5.74) is 2.91. The van der Waals surface area contributed by atoms with Gasteiger partial charge in [0.25, 0.3) is 0 Å². The smallest absolute Gasteiger partial charge is 0.317 e. The van der Waals surface area contributed by atoms with Gasteiger partial charge in [0.15, 0.2) is 0 Å². The lowest BCUT2D eigenvalue weighted by molar-refractivity contribution is -0.136. The van der Waals surface area contributed by atoms with Gasteiger partial charge >= 0.3 is 5.97 Å². The Hall–Kier alpha value is -2.11. The molecular weight excluding hydrogens is 304 g/mol. The summed E-state index contributed by atoms with van der Waals surface area (Å²) < 4.78 is 0. The van der Waals surface area contributed by atoms with E-state index in [-0.39, 0.29) is 18.8 Å². The largest absolute Gasteiger partial charge is 0.506 e. The maximum Gasteiger partial charge on any atom is 0.317 e. The van der Waals surface area contributed by atoms with E-state index in [1.54, 1.807) is 12.3 Å². The molecule has 0 fully saturated rings. The van der Waals surface area contributed by atoms with E-state index in [4.69, 9.17) is 16.7 Å². The third-order valence-corrected chi connectivity index (χ3v) is 3.53. The molecule has 0 unspecified atom stereocenters. The highest BCUT2D eigenvalue weighted by molar-refractivity contribution is 6.30. The van der Waals surface area contributed by atoms with Crippen molar-refractivity contribution in [3.63, 3.8) is 0 Å². The molecule has 2 rings (SSSR count). The fourth-order valence-electron chi connectivity index (χ4n) is 2.26. The average molecular weight is 321 g/mol. The highest BCUT2D eigenvalue weighted by atomic mass is 35.5. The summed E-state index contributed by atoms with van der Waals surface area (Å²) in [7, 11) is 0. The summed E-state index contributed by atoms with van der Waals surface area (Å²) in [4.78, 5) is 14.8. The standard InChI is InChI=1S/C16H17ClN2O3/c1-2-12-13(10-4-3-5-11(17)6-10)7-19-14(16(12)22)8-18-9-15(20)21/h3-7,18,22H,2,8-9H2,1H3,(H,20,21). The molecule has 0 amide bonds. The summed E-state index contributed by atoms with van der Waals surface area (Å²) in [6, 6.07) is 7.36. The molecule has 0 aliphatic rings. The van der Waals surface area contributed by atoms with Gasteiger partial charge < -0.3 is 15.5 Å². The van der Waals surface area contributed by atoms with E-state index in [0.717, 1.165) is 16.7 Å². The monoisotopic (exact) mass is 320 g/mol. The highest BCUT2D eigenvalue weighted by Gasteiger charge is 2.14. The molecule has 3 N–H and O–H groups in total. The van der Waals surface area contributed by atoms with Gasteiger partial charge in [0.1, 0.15) is 5.75 Å². The van der Waals surface area contributed by atoms with Gasteiger partial charge in [-0.05, 0) is 24.1 Å². The maximum absolute atomic E-state index is 10.5. The number of nitrogens with one attached hydrogen (secondary N) is 1. The van der Waals surface area contributed by atoms with Crippen LogP contribution >= 0.6 is 11.6 Å². The SMILES string of the molecule is CCc1c(-c2cccc(Cl)c2)cnc(CNCC(=O)O)c1O. The molecule has 0 atom stereocenters. The number of nitrogens with zero attached hydrogens (tertiary/aromatic N) is 1. The van der Waals surface area contributed by atoms with Crippen molar-refractivity contribution in [3.05, 3.63) is 46.7 Å². The number of carbonyl (C=O) groups is 1. The fraction of sp³-hybridized carbons (Fsp3) is 0.250. The minimum absolute atomic E-state index is 0.0952. The predicted octanol–water partition coefficient (Wildman–Crippen LogP) is 2.84. The highest BCUT2D eigenvalue weighted by Crippen LogP contribution is 2.32. The molecule has 1 aromatic heterocycles. The molecule has 0 saturated heterocycles. The van der Waals surface area contributed by atoms with Crippen LogP contribution in [0.2, 0.25) is 5.02 Å². The minimum atomic E-state index is -0.953. The van der Waals surface area contributed by atoms with Gasteiger partial charge in [-0.25, -0.2) is 0 Å². The Labute approximate surface area is 133 Å². The minimum Gasteiger partial charge on any atom is -0.506 e. The number of aromatic hydroxyl groups is 1. The predicted molar refractivity (Wildman–Crippen MR) is 85.1 cm³/mol. The molecule has 0 aliphatic heterocycles. The second-order valence-corrected chi connectivity index (χ2v) is 5.24. The van der Waals surface area contributed by atoms with Crippen LogP contribution in [-0.4, -0.2) is 27.7 Å². The van der Waals surface area contributed by atoms with Gasteiger partial charge in [0.05, 0.1) is 12.2 Å². The van der Waals surface area contributed by atoms with Crippen molar-refractivity contribution in [2.24, 2.45) is 0 Å². The topological polar surface area (TPSA) is 82.5 Å². The Balaban J connectivity index is 2.34. The zero-order valence-corrected chi connectivity index (χ0v) is 12.9. The molecule has 116 valence electrons. The Morgan fingerprint density at radius 3 is 2.82 bits per heavy atom. The molecule has 5 nitrogen and oxygen atoms in total. The first-order valence-corrected chi connectivity index (χ1v) is 7.29. The quantitative estimate of drug-likeness (QED) is 0.762. The molecule has 6 heteroatoms. The molecule has 2 aromatic rings. The zero-order valence-electron chi connectivity index (χ0n) is 12.1. The first kappa shape index (κ1) is 16.3. The number of halogens is 1. The molecule has 0 bridgehead atoms. The lowest BCUT2D eigenvalue weighted by Crippen LogP contribution is -2.22. The van der Waals surface area contributed by atoms with Crippen molar-refractivity contribution in [2.75, 3.05) is 6.54 Å². The number of rotatable bonds is 6. The second kappa shape index (κ2) is 7.24. The first-order chi connectivity index (χ1) is 10.5.